The fourth-order valence-electron chi connectivity index (χ4n) is 3.62. The van der Waals surface area contributed by atoms with Crippen LogP contribution in [0.5, 0.6) is 0 Å². The molecule has 2 aliphatic rings. The van der Waals surface area contributed by atoms with Crippen LogP contribution in [0.1, 0.15) is 15.9 Å². The lowest BCUT2D eigenvalue weighted by atomic mass is 9.84. The lowest BCUT2D eigenvalue weighted by Gasteiger charge is -2.37. The highest BCUT2D eigenvalue weighted by molar-refractivity contribution is 8.14. The number of benzene rings is 2. The van der Waals surface area contributed by atoms with Crippen LogP contribution >= 0.6 is 11.8 Å². The number of nitrogens with one attached hydrogen (secondary N) is 1. The number of amides is 1. The van der Waals surface area contributed by atoms with E-state index >= 15 is 0 Å². The summed E-state index contributed by atoms with van der Waals surface area (Å²) < 4.78 is 32.9. The van der Waals surface area contributed by atoms with Gasteiger partial charge in [0.05, 0.1) is 17.5 Å². The Morgan fingerprint density at radius 3 is 2.70 bits per heavy atom. The van der Waals surface area contributed by atoms with Crippen molar-refractivity contribution in [3.05, 3.63) is 71.5 Å². The van der Waals surface area contributed by atoms with Gasteiger partial charge in [-0.3, -0.25) is 9.79 Å². The summed E-state index contributed by atoms with van der Waals surface area (Å²) in [5.74, 6) is -0.958. The van der Waals surface area contributed by atoms with Crippen molar-refractivity contribution in [3.63, 3.8) is 0 Å². The van der Waals surface area contributed by atoms with Crippen LogP contribution < -0.4 is 5.32 Å². The van der Waals surface area contributed by atoms with Gasteiger partial charge >= 0.3 is 0 Å². The van der Waals surface area contributed by atoms with Crippen LogP contribution in [0.2, 0.25) is 0 Å². The Balaban J connectivity index is 1.65. The summed E-state index contributed by atoms with van der Waals surface area (Å²) in [6.07, 6.45) is -0.632. The number of nitrogens with zero attached hydrogens (tertiary/aromatic N) is 1. The molecular formula is C20H18F2N2O2S. The summed E-state index contributed by atoms with van der Waals surface area (Å²) in [6, 6.07) is 15.2. The SMILES string of the molecule is O=C(NC1=NC[C@H]2[C@@H](CF)OC[C@]2(c2ccccc2F)S1)c1ccccc1. The number of rotatable bonds is 3. The molecule has 0 aliphatic carbocycles. The van der Waals surface area contributed by atoms with Gasteiger partial charge in [-0.25, -0.2) is 8.78 Å². The topological polar surface area (TPSA) is 50.7 Å². The minimum absolute atomic E-state index is 0.165. The second-order valence-electron chi connectivity index (χ2n) is 6.55. The Kier molecular flexibility index (Phi) is 4.97. The zero-order valence-electron chi connectivity index (χ0n) is 14.4. The third-order valence-corrected chi connectivity index (χ3v) is 6.44. The third kappa shape index (κ3) is 3.26. The first-order chi connectivity index (χ1) is 13.1. The van der Waals surface area contributed by atoms with E-state index in [1.54, 1.807) is 42.5 Å². The zero-order valence-corrected chi connectivity index (χ0v) is 15.2. The second kappa shape index (κ2) is 7.40. The highest BCUT2D eigenvalue weighted by Crippen LogP contribution is 2.53. The van der Waals surface area contributed by atoms with E-state index in [0.29, 0.717) is 16.3 Å². The van der Waals surface area contributed by atoms with Crippen molar-refractivity contribution >= 4 is 22.8 Å². The minimum Gasteiger partial charge on any atom is -0.373 e. The highest BCUT2D eigenvalue weighted by Gasteiger charge is 2.55. The van der Waals surface area contributed by atoms with Crippen LogP contribution in [0.3, 0.4) is 0 Å². The lowest BCUT2D eigenvalue weighted by molar-refractivity contribution is 0.0701. The van der Waals surface area contributed by atoms with Crippen molar-refractivity contribution in [2.24, 2.45) is 10.9 Å². The lowest BCUT2D eigenvalue weighted by Crippen LogP contribution is -2.44. The molecule has 4 rings (SSSR count). The number of halogens is 2. The molecule has 0 saturated carbocycles. The maximum absolute atomic E-state index is 14.6. The third-order valence-electron chi connectivity index (χ3n) is 5.01. The van der Waals surface area contributed by atoms with Crippen molar-refractivity contribution < 1.29 is 18.3 Å². The first-order valence-corrected chi connectivity index (χ1v) is 9.48. The van der Waals surface area contributed by atoms with Gasteiger partial charge in [-0.2, -0.15) is 0 Å². The van der Waals surface area contributed by atoms with E-state index in [9.17, 15) is 13.6 Å². The van der Waals surface area contributed by atoms with E-state index in [4.69, 9.17) is 4.74 Å². The van der Waals surface area contributed by atoms with Crippen LogP contribution in [-0.2, 0) is 9.48 Å². The summed E-state index contributed by atoms with van der Waals surface area (Å²) in [4.78, 5) is 16.9. The Morgan fingerprint density at radius 2 is 1.96 bits per heavy atom. The summed E-state index contributed by atoms with van der Waals surface area (Å²) in [6.45, 7) is -0.221. The molecule has 1 fully saturated rings. The molecule has 3 atom stereocenters. The van der Waals surface area contributed by atoms with Gasteiger partial charge in [-0.1, -0.05) is 48.2 Å². The molecule has 0 radical (unpaired) electrons. The molecule has 0 bridgehead atoms. The van der Waals surface area contributed by atoms with Crippen molar-refractivity contribution in [2.75, 3.05) is 19.8 Å². The van der Waals surface area contributed by atoms with Gasteiger partial charge in [0.2, 0.25) is 0 Å². The van der Waals surface area contributed by atoms with E-state index in [-0.39, 0.29) is 30.8 Å². The Bertz CT molecular complexity index is 877. The van der Waals surface area contributed by atoms with Crippen LogP contribution in [-0.4, -0.2) is 37.0 Å². The number of hydrogen-bond donors (Lipinski definition) is 1. The minimum atomic E-state index is -0.816. The number of hydrogen-bond acceptors (Lipinski definition) is 4. The average Bonchev–Trinajstić information content (AvgIpc) is 3.07. The van der Waals surface area contributed by atoms with Gasteiger partial charge < -0.3 is 10.1 Å². The number of thioether (sulfide) groups is 1. The predicted octanol–water partition coefficient (Wildman–Crippen LogP) is 3.54. The monoisotopic (exact) mass is 388 g/mol. The number of aliphatic imine (C=N–C) groups is 1. The van der Waals surface area contributed by atoms with E-state index < -0.39 is 17.5 Å². The predicted molar refractivity (Wildman–Crippen MR) is 101 cm³/mol. The van der Waals surface area contributed by atoms with Crippen molar-refractivity contribution in [3.8, 4) is 0 Å². The van der Waals surface area contributed by atoms with Crippen LogP contribution in [0, 0.1) is 11.7 Å². The van der Waals surface area contributed by atoms with E-state index in [0.717, 1.165) is 0 Å². The molecule has 2 heterocycles. The van der Waals surface area contributed by atoms with Crippen molar-refractivity contribution in [1.82, 2.24) is 5.32 Å². The fourth-order valence-corrected chi connectivity index (χ4v) is 5.03. The van der Waals surface area contributed by atoms with E-state index in [1.165, 1.54) is 17.8 Å². The Morgan fingerprint density at radius 1 is 1.22 bits per heavy atom. The number of fused-ring (bicyclic) bond motifs is 1. The zero-order chi connectivity index (χ0) is 18.9. The molecule has 0 spiro atoms. The van der Waals surface area contributed by atoms with Gasteiger partial charge in [-0.15, -0.1) is 0 Å². The van der Waals surface area contributed by atoms with E-state index in [1.807, 2.05) is 6.07 Å². The molecule has 4 nitrogen and oxygen atoms in total. The van der Waals surface area contributed by atoms with Gasteiger partial charge in [0, 0.05) is 23.6 Å². The largest absolute Gasteiger partial charge is 0.373 e. The van der Waals surface area contributed by atoms with Crippen LogP contribution in [0.15, 0.2) is 59.6 Å². The molecular weight excluding hydrogens is 370 g/mol. The molecule has 2 aromatic rings. The summed E-state index contributed by atoms with van der Waals surface area (Å²) in [5, 5.41) is 3.19. The highest BCUT2D eigenvalue weighted by atomic mass is 32.2. The molecule has 7 heteroatoms. The molecule has 140 valence electrons. The fraction of sp³-hybridized carbons (Fsp3) is 0.300. The maximum Gasteiger partial charge on any atom is 0.257 e. The Labute approximate surface area is 160 Å². The normalized spacial score (nSPS) is 27.0. The van der Waals surface area contributed by atoms with Crippen molar-refractivity contribution in [2.45, 2.75) is 10.9 Å². The standard InChI is InChI=1S/C20H18F2N2O2S/c21-10-17-15-11-23-19(24-18(25)13-6-2-1-3-7-13)27-20(15,12-26-17)14-8-4-5-9-16(14)22/h1-9,15,17H,10-12H2,(H,23,24,25)/t15-,17+,20+/m0/s1. The van der Waals surface area contributed by atoms with Crippen molar-refractivity contribution in [1.29, 1.82) is 0 Å². The average molecular weight is 388 g/mol. The molecule has 2 aromatic carbocycles. The quantitative estimate of drug-likeness (QED) is 0.875. The molecule has 0 unspecified atom stereocenters. The molecule has 1 amide bonds. The summed E-state index contributed by atoms with van der Waals surface area (Å²) in [5.41, 5.74) is 0.962. The first-order valence-electron chi connectivity index (χ1n) is 8.66. The molecule has 1 N–H and O–H groups in total. The number of ether oxygens (including phenoxy) is 1. The van der Waals surface area contributed by atoms with Gasteiger partial charge in [0.25, 0.3) is 5.91 Å². The van der Waals surface area contributed by atoms with Gasteiger partial charge in [-0.05, 0) is 18.2 Å². The smallest absolute Gasteiger partial charge is 0.257 e. The van der Waals surface area contributed by atoms with Gasteiger partial charge in [0.15, 0.2) is 5.17 Å². The van der Waals surface area contributed by atoms with Gasteiger partial charge in [0.1, 0.15) is 12.5 Å². The molecule has 0 aromatic heterocycles. The summed E-state index contributed by atoms with van der Waals surface area (Å²) >= 11 is 1.25. The number of carbonyl (C=O) groups is 1. The van der Waals surface area contributed by atoms with Crippen LogP contribution in [0.4, 0.5) is 8.78 Å². The second-order valence-corrected chi connectivity index (χ2v) is 7.87. The number of amidine groups is 1. The Hall–Kier alpha value is -2.25. The molecule has 2 aliphatic heterocycles. The van der Waals surface area contributed by atoms with Crippen LogP contribution in [0.25, 0.3) is 0 Å². The summed E-state index contributed by atoms with van der Waals surface area (Å²) in [7, 11) is 0. The number of carbonyl (C=O) groups excluding carboxylic acids is 1. The first kappa shape index (κ1) is 18.1. The molecule has 27 heavy (non-hydrogen) atoms. The maximum atomic E-state index is 14.6. The number of alkyl halides is 1. The van der Waals surface area contributed by atoms with E-state index in [2.05, 4.69) is 10.3 Å². The molecule has 1 saturated heterocycles.